The van der Waals surface area contributed by atoms with Crippen molar-refractivity contribution < 1.29 is 47.2 Å². The highest BCUT2D eigenvalue weighted by Crippen LogP contribution is 2.35. The van der Waals surface area contributed by atoms with E-state index in [1.54, 1.807) is 12.1 Å². The molecular formula is C29H30N2O10S2. The minimum atomic E-state index is -3.47. The van der Waals surface area contributed by atoms with Crippen molar-refractivity contribution in [2.24, 2.45) is 0 Å². The maximum atomic E-state index is 13.5. The highest BCUT2D eigenvalue weighted by Gasteiger charge is 2.32. The molecule has 2 aliphatic rings. The molecule has 2 aromatic carbocycles. The summed E-state index contributed by atoms with van der Waals surface area (Å²) in [5.74, 6) is -3.62. The Morgan fingerprint density at radius 2 is 1.67 bits per heavy atom. The van der Waals surface area contributed by atoms with Crippen molar-refractivity contribution in [2.45, 2.75) is 60.9 Å². The quantitative estimate of drug-likeness (QED) is 0.262. The summed E-state index contributed by atoms with van der Waals surface area (Å²) in [6.45, 7) is 0.984. The van der Waals surface area contributed by atoms with Gasteiger partial charge in [-0.05, 0) is 55.5 Å². The Kier molecular flexibility index (Phi) is 9.40. The number of ether oxygens (including phenoxy) is 3. The number of carboxylic acids is 2. The first-order valence-corrected chi connectivity index (χ1v) is 16.1. The maximum Gasteiger partial charge on any atom is 0.340 e. The molecule has 0 radical (unpaired) electrons. The highest BCUT2D eigenvalue weighted by molar-refractivity contribution is 7.92. The van der Waals surface area contributed by atoms with Crippen LogP contribution in [0, 0.1) is 0 Å². The van der Waals surface area contributed by atoms with E-state index in [4.69, 9.17) is 14.2 Å². The number of amides is 1. The third kappa shape index (κ3) is 7.04. The van der Waals surface area contributed by atoms with Crippen molar-refractivity contribution in [1.29, 1.82) is 0 Å². The van der Waals surface area contributed by atoms with E-state index in [0.29, 0.717) is 44.5 Å². The van der Waals surface area contributed by atoms with Crippen LogP contribution in [-0.4, -0.2) is 66.0 Å². The SMILES string of the molecule is O=C(O)c1cccc(Oc2cnc(NC(=O)C(OC3CCOCC3)c3ccc(S(=O)(=O)C4CCCC4)cc3)s2)c1C(=O)O. The summed E-state index contributed by atoms with van der Waals surface area (Å²) in [6.07, 6.45) is 4.20. The number of nitrogens with one attached hydrogen (secondary N) is 1. The zero-order valence-corrected chi connectivity index (χ0v) is 24.6. The van der Waals surface area contributed by atoms with Crippen LogP contribution in [0.1, 0.15) is 70.9 Å². The number of carbonyl (C=O) groups excluding carboxylic acids is 1. The second kappa shape index (κ2) is 13.2. The number of sulfone groups is 1. The summed E-state index contributed by atoms with van der Waals surface area (Å²) in [5.41, 5.74) is -0.477. The lowest BCUT2D eigenvalue weighted by molar-refractivity contribution is -0.136. The molecule has 5 rings (SSSR count). The Hall–Kier alpha value is -3.85. The predicted molar refractivity (Wildman–Crippen MR) is 155 cm³/mol. The van der Waals surface area contributed by atoms with Crippen LogP contribution in [0.2, 0.25) is 0 Å². The molecule has 1 aromatic heterocycles. The number of benzene rings is 2. The van der Waals surface area contributed by atoms with Crippen LogP contribution >= 0.6 is 11.3 Å². The third-order valence-electron chi connectivity index (χ3n) is 7.38. The Labute approximate surface area is 251 Å². The monoisotopic (exact) mass is 630 g/mol. The average Bonchev–Trinajstić information content (AvgIpc) is 3.69. The van der Waals surface area contributed by atoms with Gasteiger partial charge in [0.25, 0.3) is 5.91 Å². The number of hydrogen-bond acceptors (Lipinski definition) is 10. The molecule has 1 atom stereocenters. The summed E-state index contributed by atoms with van der Waals surface area (Å²) in [4.78, 5) is 41.1. The zero-order valence-electron chi connectivity index (χ0n) is 22.9. The van der Waals surface area contributed by atoms with Crippen molar-refractivity contribution in [3.63, 3.8) is 0 Å². The largest absolute Gasteiger partial charge is 0.478 e. The van der Waals surface area contributed by atoms with E-state index in [0.717, 1.165) is 30.2 Å². The first kappa shape index (κ1) is 30.6. The van der Waals surface area contributed by atoms with E-state index in [-0.39, 0.29) is 26.9 Å². The fourth-order valence-corrected chi connectivity index (χ4v) is 7.72. The van der Waals surface area contributed by atoms with Crippen LogP contribution in [0.3, 0.4) is 0 Å². The van der Waals surface area contributed by atoms with Gasteiger partial charge >= 0.3 is 11.9 Å². The summed E-state index contributed by atoms with van der Waals surface area (Å²) >= 11 is 0.909. The van der Waals surface area contributed by atoms with Gasteiger partial charge in [0, 0.05) is 13.2 Å². The van der Waals surface area contributed by atoms with Crippen LogP contribution in [0.15, 0.2) is 53.6 Å². The first-order valence-electron chi connectivity index (χ1n) is 13.7. The minimum Gasteiger partial charge on any atom is -0.478 e. The number of aromatic carboxylic acids is 2. The molecule has 1 unspecified atom stereocenters. The molecule has 12 nitrogen and oxygen atoms in total. The van der Waals surface area contributed by atoms with E-state index >= 15 is 0 Å². The van der Waals surface area contributed by atoms with Crippen LogP contribution in [0.4, 0.5) is 5.13 Å². The first-order chi connectivity index (χ1) is 20.6. The standard InChI is InChI=1S/C29H30N2O10S2/c32-26(31-29-30-16-23(42-29)41-22-7-3-6-21(27(33)34)24(22)28(35)36)25(40-18-12-14-39-15-13-18)17-8-10-20(11-9-17)43(37,38)19-4-1-2-5-19/h3,6-11,16,18-19,25H,1-2,4-5,12-15H2,(H,33,34)(H,35,36)(H,30,31,32). The Morgan fingerprint density at radius 3 is 2.33 bits per heavy atom. The topological polar surface area (TPSA) is 178 Å². The Bertz CT molecular complexity index is 1590. The van der Waals surface area contributed by atoms with Crippen molar-refractivity contribution in [1.82, 2.24) is 4.98 Å². The summed E-state index contributed by atoms with van der Waals surface area (Å²) in [6, 6.07) is 10.0. The van der Waals surface area contributed by atoms with E-state index in [1.807, 2.05) is 0 Å². The van der Waals surface area contributed by atoms with Gasteiger partial charge in [0.1, 0.15) is 11.3 Å². The minimum absolute atomic E-state index is 0.115. The number of nitrogens with zero attached hydrogens (tertiary/aromatic N) is 1. The van der Waals surface area contributed by atoms with Crippen LogP contribution in [0.5, 0.6) is 10.8 Å². The van der Waals surface area contributed by atoms with E-state index in [1.165, 1.54) is 30.5 Å². The third-order valence-corrected chi connectivity index (χ3v) is 10.5. The van der Waals surface area contributed by atoms with Crippen molar-refractivity contribution in [2.75, 3.05) is 18.5 Å². The van der Waals surface area contributed by atoms with E-state index in [9.17, 15) is 33.0 Å². The molecule has 14 heteroatoms. The molecule has 1 amide bonds. The van der Waals surface area contributed by atoms with Crippen LogP contribution in [-0.2, 0) is 24.1 Å². The average molecular weight is 631 g/mol. The number of hydrogen-bond donors (Lipinski definition) is 3. The molecule has 2 fully saturated rings. The van der Waals surface area contributed by atoms with E-state index in [2.05, 4.69) is 10.3 Å². The molecule has 3 N–H and O–H groups in total. The van der Waals surface area contributed by atoms with Crippen molar-refractivity contribution in [3.8, 4) is 10.8 Å². The van der Waals surface area contributed by atoms with Gasteiger partial charge in [-0.2, -0.15) is 0 Å². The molecule has 3 aromatic rings. The zero-order chi connectivity index (χ0) is 30.6. The molecule has 1 aliphatic heterocycles. The summed E-state index contributed by atoms with van der Waals surface area (Å²) < 4.78 is 43.3. The van der Waals surface area contributed by atoms with Crippen molar-refractivity contribution in [3.05, 3.63) is 65.4 Å². The second-order valence-electron chi connectivity index (χ2n) is 10.2. The molecular weight excluding hydrogens is 600 g/mol. The van der Waals surface area contributed by atoms with Gasteiger partial charge in [-0.25, -0.2) is 23.0 Å². The maximum absolute atomic E-state index is 13.5. The van der Waals surface area contributed by atoms with Crippen LogP contribution in [0.25, 0.3) is 0 Å². The van der Waals surface area contributed by atoms with Gasteiger partial charge in [0.15, 0.2) is 21.1 Å². The fraction of sp³-hybridized carbons (Fsp3) is 0.379. The molecule has 43 heavy (non-hydrogen) atoms. The molecule has 228 valence electrons. The van der Waals surface area contributed by atoms with Gasteiger partial charge < -0.3 is 24.4 Å². The lowest BCUT2D eigenvalue weighted by atomic mass is 10.1. The normalized spacial score (nSPS) is 16.9. The highest BCUT2D eigenvalue weighted by atomic mass is 32.2. The summed E-state index contributed by atoms with van der Waals surface area (Å²) in [5, 5.41) is 21.5. The second-order valence-corrected chi connectivity index (χ2v) is 13.4. The molecule has 1 aliphatic carbocycles. The fourth-order valence-electron chi connectivity index (χ4n) is 5.18. The lowest BCUT2D eigenvalue weighted by Gasteiger charge is -2.27. The van der Waals surface area contributed by atoms with Gasteiger partial charge in [-0.3, -0.25) is 10.1 Å². The number of carboxylic acid groups (broad SMARTS) is 2. The Balaban J connectivity index is 1.34. The molecule has 0 bridgehead atoms. The lowest BCUT2D eigenvalue weighted by Crippen LogP contribution is -2.31. The van der Waals surface area contributed by atoms with E-state index < -0.39 is 50.2 Å². The van der Waals surface area contributed by atoms with Gasteiger partial charge in [0.2, 0.25) is 5.06 Å². The molecule has 1 saturated heterocycles. The van der Waals surface area contributed by atoms with Gasteiger partial charge in [-0.15, -0.1) is 0 Å². The van der Waals surface area contributed by atoms with Crippen molar-refractivity contribution >= 4 is 44.2 Å². The number of rotatable bonds is 11. The summed E-state index contributed by atoms with van der Waals surface area (Å²) in [7, 11) is -3.47. The number of anilines is 1. The molecule has 0 spiro atoms. The van der Waals surface area contributed by atoms with Gasteiger partial charge in [0.05, 0.1) is 28.0 Å². The van der Waals surface area contributed by atoms with Crippen LogP contribution < -0.4 is 10.1 Å². The van der Waals surface area contributed by atoms with Gasteiger partial charge in [-0.1, -0.05) is 42.4 Å². The Morgan fingerprint density at radius 1 is 0.977 bits per heavy atom. The smallest absolute Gasteiger partial charge is 0.340 e. The molecule has 1 saturated carbocycles. The predicted octanol–water partition coefficient (Wildman–Crippen LogP) is 4.92. The number of carbonyl (C=O) groups is 3. The number of aromatic nitrogens is 1. The number of thiazole rings is 1. The molecule has 2 heterocycles.